The Balaban J connectivity index is 3.65. The Hall–Kier alpha value is -0.460. The zero-order valence-corrected chi connectivity index (χ0v) is 9.69. The molecule has 13 heavy (non-hydrogen) atoms. The smallest absolute Gasteiger partial charge is 0.0172 e. The molecule has 1 N–H and O–H groups in total. The summed E-state index contributed by atoms with van der Waals surface area (Å²) in [5.74, 6) is 1.37. The summed E-state index contributed by atoms with van der Waals surface area (Å²) < 4.78 is 0. The maximum Gasteiger partial charge on any atom is 0.0172 e. The van der Waals surface area contributed by atoms with Crippen molar-refractivity contribution >= 4 is 0 Å². The second-order valence-corrected chi connectivity index (χ2v) is 4.12. The molecule has 0 aromatic rings. The van der Waals surface area contributed by atoms with Gasteiger partial charge in [-0.1, -0.05) is 47.1 Å². The van der Waals surface area contributed by atoms with Gasteiger partial charge in [-0.05, 0) is 18.3 Å². The first-order valence-electron chi connectivity index (χ1n) is 5.54. The molecule has 0 amide bonds. The van der Waals surface area contributed by atoms with Crippen molar-refractivity contribution in [1.82, 2.24) is 5.32 Å². The molecular weight excluding hydrogens is 158 g/mol. The van der Waals surface area contributed by atoms with Crippen molar-refractivity contribution in [3.8, 4) is 0 Å². The number of hydrogen-bond acceptors (Lipinski definition) is 1. The molecule has 0 aliphatic rings. The van der Waals surface area contributed by atoms with Crippen LogP contribution in [0.3, 0.4) is 0 Å². The summed E-state index contributed by atoms with van der Waals surface area (Å²) in [5, 5.41) is 3.42. The van der Waals surface area contributed by atoms with Crippen molar-refractivity contribution in [2.24, 2.45) is 11.8 Å². The SMILES string of the molecule is C=C(NCC(CC)CCC)C(C)C. The molecule has 0 bridgehead atoms. The molecule has 1 atom stereocenters. The molecule has 0 heterocycles. The van der Waals surface area contributed by atoms with Crippen LogP contribution in [-0.4, -0.2) is 6.54 Å². The first-order valence-corrected chi connectivity index (χ1v) is 5.54. The van der Waals surface area contributed by atoms with E-state index in [1.165, 1.54) is 25.0 Å². The predicted octanol–water partition coefficient (Wildman–Crippen LogP) is 3.57. The van der Waals surface area contributed by atoms with Gasteiger partial charge in [0, 0.05) is 12.2 Å². The quantitative estimate of drug-likeness (QED) is 0.636. The third kappa shape index (κ3) is 5.73. The molecular formula is C12H25N. The molecule has 0 saturated heterocycles. The molecule has 0 aromatic carbocycles. The van der Waals surface area contributed by atoms with Crippen LogP contribution in [0.25, 0.3) is 0 Å². The van der Waals surface area contributed by atoms with Gasteiger partial charge in [-0.25, -0.2) is 0 Å². The van der Waals surface area contributed by atoms with Gasteiger partial charge in [0.2, 0.25) is 0 Å². The van der Waals surface area contributed by atoms with Crippen LogP contribution in [0.5, 0.6) is 0 Å². The Morgan fingerprint density at radius 3 is 2.31 bits per heavy atom. The van der Waals surface area contributed by atoms with Crippen LogP contribution in [0, 0.1) is 11.8 Å². The van der Waals surface area contributed by atoms with E-state index in [0.29, 0.717) is 5.92 Å². The number of nitrogens with one attached hydrogen (secondary N) is 1. The van der Waals surface area contributed by atoms with Gasteiger partial charge >= 0.3 is 0 Å². The molecule has 0 aromatic heterocycles. The lowest BCUT2D eigenvalue weighted by Gasteiger charge is -2.18. The molecule has 1 nitrogen and oxygen atoms in total. The zero-order valence-electron chi connectivity index (χ0n) is 9.69. The lowest BCUT2D eigenvalue weighted by Crippen LogP contribution is -2.23. The average molecular weight is 183 g/mol. The van der Waals surface area contributed by atoms with Crippen LogP contribution in [0.1, 0.15) is 47.0 Å². The first kappa shape index (κ1) is 12.5. The van der Waals surface area contributed by atoms with Crippen LogP contribution in [0.2, 0.25) is 0 Å². The van der Waals surface area contributed by atoms with Gasteiger partial charge in [0.15, 0.2) is 0 Å². The molecule has 0 saturated carbocycles. The van der Waals surface area contributed by atoms with Gasteiger partial charge < -0.3 is 5.32 Å². The van der Waals surface area contributed by atoms with E-state index in [-0.39, 0.29) is 0 Å². The topological polar surface area (TPSA) is 12.0 Å². The van der Waals surface area contributed by atoms with E-state index >= 15 is 0 Å². The van der Waals surface area contributed by atoms with E-state index in [0.717, 1.165) is 12.5 Å². The highest BCUT2D eigenvalue weighted by Crippen LogP contribution is 2.11. The summed E-state index contributed by atoms with van der Waals surface area (Å²) in [7, 11) is 0. The molecule has 0 fully saturated rings. The van der Waals surface area contributed by atoms with E-state index in [2.05, 4.69) is 39.6 Å². The van der Waals surface area contributed by atoms with Crippen LogP contribution in [0.15, 0.2) is 12.3 Å². The predicted molar refractivity (Wildman–Crippen MR) is 60.7 cm³/mol. The Morgan fingerprint density at radius 1 is 1.31 bits per heavy atom. The minimum atomic E-state index is 0.555. The molecule has 0 rings (SSSR count). The summed E-state index contributed by atoms with van der Waals surface area (Å²) in [5.41, 5.74) is 1.18. The van der Waals surface area contributed by atoms with Crippen molar-refractivity contribution < 1.29 is 0 Å². The van der Waals surface area contributed by atoms with Crippen molar-refractivity contribution in [1.29, 1.82) is 0 Å². The Morgan fingerprint density at radius 2 is 1.92 bits per heavy atom. The molecule has 0 radical (unpaired) electrons. The van der Waals surface area contributed by atoms with Crippen molar-refractivity contribution in [2.45, 2.75) is 47.0 Å². The minimum Gasteiger partial charge on any atom is -0.388 e. The fraction of sp³-hybridized carbons (Fsp3) is 0.833. The van der Waals surface area contributed by atoms with Gasteiger partial charge in [0.05, 0.1) is 0 Å². The highest BCUT2D eigenvalue weighted by molar-refractivity contribution is 4.94. The lowest BCUT2D eigenvalue weighted by atomic mass is 10.0. The average Bonchev–Trinajstić information content (AvgIpc) is 2.11. The van der Waals surface area contributed by atoms with E-state index in [9.17, 15) is 0 Å². The van der Waals surface area contributed by atoms with Gasteiger partial charge in [-0.15, -0.1) is 0 Å². The van der Waals surface area contributed by atoms with Crippen molar-refractivity contribution in [3.05, 3.63) is 12.3 Å². The molecule has 0 aliphatic heterocycles. The number of allylic oxidation sites excluding steroid dienone is 1. The molecule has 0 spiro atoms. The van der Waals surface area contributed by atoms with E-state index in [4.69, 9.17) is 0 Å². The summed E-state index contributed by atoms with van der Waals surface area (Å²) in [6, 6.07) is 0. The van der Waals surface area contributed by atoms with Crippen LogP contribution < -0.4 is 5.32 Å². The molecule has 0 aliphatic carbocycles. The fourth-order valence-corrected chi connectivity index (χ4v) is 1.34. The van der Waals surface area contributed by atoms with Crippen LogP contribution in [0.4, 0.5) is 0 Å². The third-order valence-electron chi connectivity index (χ3n) is 2.59. The Labute approximate surface area is 83.6 Å². The van der Waals surface area contributed by atoms with E-state index < -0.39 is 0 Å². The summed E-state index contributed by atoms with van der Waals surface area (Å²) in [6.45, 7) is 14.0. The zero-order chi connectivity index (χ0) is 10.3. The monoisotopic (exact) mass is 183 g/mol. The van der Waals surface area contributed by atoms with Gasteiger partial charge in [-0.3, -0.25) is 0 Å². The maximum absolute atomic E-state index is 4.01. The van der Waals surface area contributed by atoms with Crippen LogP contribution >= 0.6 is 0 Å². The normalized spacial score (nSPS) is 13.0. The second-order valence-electron chi connectivity index (χ2n) is 4.12. The second kappa shape index (κ2) is 6.99. The van der Waals surface area contributed by atoms with Gasteiger partial charge in [0.1, 0.15) is 0 Å². The molecule has 1 unspecified atom stereocenters. The highest BCUT2D eigenvalue weighted by atomic mass is 14.9. The number of rotatable bonds is 7. The standard InChI is InChI=1S/C12H25N/c1-6-8-12(7-2)9-13-11(5)10(3)4/h10,12-13H,5-9H2,1-4H3. The first-order chi connectivity index (χ1) is 6.11. The van der Waals surface area contributed by atoms with Gasteiger partial charge in [0.25, 0.3) is 0 Å². The van der Waals surface area contributed by atoms with E-state index in [1.807, 2.05) is 0 Å². The van der Waals surface area contributed by atoms with Crippen molar-refractivity contribution in [2.75, 3.05) is 6.54 Å². The van der Waals surface area contributed by atoms with Gasteiger partial charge in [-0.2, -0.15) is 0 Å². The highest BCUT2D eigenvalue weighted by Gasteiger charge is 2.06. The molecule has 78 valence electrons. The minimum absolute atomic E-state index is 0.555. The summed E-state index contributed by atoms with van der Waals surface area (Å²) in [4.78, 5) is 0. The molecule has 1 heteroatoms. The number of hydrogen-bond donors (Lipinski definition) is 1. The fourth-order valence-electron chi connectivity index (χ4n) is 1.34. The Kier molecular flexibility index (Phi) is 6.75. The summed E-state index contributed by atoms with van der Waals surface area (Å²) >= 11 is 0. The third-order valence-corrected chi connectivity index (χ3v) is 2.59. The van der Waals surface area contributed by atoms with E-state index in [1.54, 1.807) is 0 Å². The maximum atomic E-state index is 4.01. The van der Waals surface area contributed by atoms with Crippen LogP contribution in [-0.2, 0) is 0 Å². The lowest BCUT2D eigenvalue weighted by molar-refractivity contribution is 0.438. The largest absolute Gasteiger partial charge is 0.388 e. The van der Waals surface area contributed by atoms with Crippen molar-refractivity contribution in [3.63, 3.8) is 0 Å². The summed E-state index contributed by atoms with van der Waals surface area (Å²) in [6.07, 6.45) is 3.88. The Bertz CT molecular complexity index is 138.